The second kappa shape index (κ2) is 9.09. The van der Waals surface area contributed by atoms with Gasteiger partial charge in [0.25, 0.3) is 0 Å². The molecule has 3 atom stereocenters. The number of fused-ring (bicyclic) bond motifs is 2. The molecule has 170 valence electrons. The minimum atomic E-state index is -4.04. The first-order valence-corrected chi connectivity index (χ1v) is 12.6. The van der Waals surface area contributed by atoms with Crippen molar-refractivity contribution in [3.8, 4) is 0 Å². The predicted molar refractivity (Wildman–Crippen MR) is 123 cm³/mol. The highest BCUT2D eigenvalue weighted by atomic mass is 35.5. The van der Waals surface area contributed by atoms with Crippen molar-refractivity contribution in [2.24, 2.45) is 5.92 Å². The van der Waals surface area contributed by atoms with Gasteiger partial charge in [-0.3, -0.25) is 4.79 Å². The van der Waals surface area contributed by atoms with Crippen LogP contribution in [-0.2, 0) is 21.4 Å². The maximum Gasteiger partial charge on any atom is 0.244 e. The van der Waals surface area contributed by atoms with Crippen LogP contribution in [0.2, 0.25) is 10.0 Å². The molecule has 0 N–H and O–H groups in total. The number of amides is 1. The lowest BCUT2D eigenvalue weighted by Crippen LogP contribution is -2.54. The van der Waals surface area contributed by atoms with E-state index in [4.69, 9.17) is 23.2 Å². The summed E-state index contributed by atoms with van der Waals surface area (Å²) in [5, 5.41) is 0.452. The third-order valence-electron chi connectivity index (χ3n) is 6.13. The zero-order chi connectivity index (χ0) is 23.0. The number of carbonyl (C=O) groups is 1. The maximum absolute atomic E-state index is 13.8. The fraction of sp³-hybridized carbons (Fsp3) is 0.409. The van der Waals surface area contributed by atoms with E-state index in [0.717, 1.165) is 12.0 Å². The fourth-order valence-corrected chi connectivity index (χ4v) is 7.25. The van der Waals surface area contributed by atoms with Crippen molar-refractivity contribution >= 4 is 39.1 Å². The molecule has 10 heteroatoms. The minimum Gasteiger partial charge on any atom is -0.335 e. The summed E-state index contributed by atoms with van der Waals surface area (Å²) < 4.78 is 29.0. The van der Waals surface area contributed by atoms with Gasteiger partial charge in [0.05, 0.1) is 17.1 Å². The quantitative estimate of drug-likeness (QED) is 0.587. The first-order chi connectivity index (χ1) is 15.2. The van der Waals surface area contributed by atoms with Gasteiger partial charge in [-0.25, -0.2) is 18.4 Å². The van der Waals surface area contributed by atoms with Crippen molar-refractivity contribution in [1.82, 2.24) is 19.2 Å². The molecule has 0 radical (unpaired) electrons. The summed E-state index contributed by atoms with van der Waals surface area (Å²) in [5.41, 5.74) is 1.53. The summed E-state index contributed by atoms with van der Waals surface area (Å²) in [4.78, 5) is 23.5. The van der Waals surface area contributed by atoms with Crippen molar-refractivity contribution in [1.29, 1.82) is 0 Å². The average Bonchev–Trinajstić information content (AvgIpc) is 2.81. The van der Waals surface area contributed by atoms with Gasteiger partial charge in [-0.15, -0.1) is 0 Å². The molecule has 3 heterocycles. The Hall–Kier alpha value is -2.00. The van der Waals surface area contributed by atoms with Crippen LogP contribution < -0.4 is 0 Å². The van der Waals surface area contributed by atoms with E-state index in [1.807, 2.05) is 6.92 Å². The number of hydrogen-bond acceptors (Lipinski definition) is 5. The van der Waals surface area contributed by atoms with Crippen LogP contribution in [0.3, 0.4) is 0 Å². The van der Waals surface area contributed by atoms with E-state index in [2.05, 4.69) is 16.5 Å². The van der Waals surface area contributed by atoms with E-state index < -0.39 is 16.1 Å². The van der Waals surface area contributed by atoms with Gasteiger partial charge in [0.15, 0.2) is 0 Å². The van der Waals surface area contributed by atoms with E-state index >= 15 is 0 Å². The number of hydrogen-bond donors (Lipinski definition) is 0. The molecular formula is C22H24Cl2N4O3S. The van der Waals surface area contributed by atoms with Gasteiger partial charge >= 0.3 is 0 Å². The van der Waals surface area contributed by atoms with Crippen molar-refractivity contribution in [2.75, 3.05) is 6.54 Å². The number of carbonyl (C=O) groups excluding carboxylic acids is 1. The van der Waals surface area contributed by atoms with Crippen LogP contribution in [0.15, 0.2) is 53.8 Å². The molecule has 1 aromatic carbocycles. The zero-order valence-electron chi connectivity index (χ0n) is 17.6. The highest BCUT2D eigenvalue weighted by Crippen LogP contribution is 2.40. The summed E-state index contributed by atoms with van der Waals surface area (Å²) in [6.07, 6.45) is 4.92. The second-order valence-electron chi connectivity index (χ2n) is 8.33. The van der Waals surface area contributed by atoms with Gasteiger partial charge in [-0.05, 0) is 50.5 Å². The molecule has 0 spiro atoms. The topological polar surface area (TPSA) is 83.5 Å². The van der Waals surface area contributed by atoms with E-state index in [1.54, 1.807) is 17.2 Å². The number of benzene rings is 1. The van der Waals surface area contributed by atoms with Crippen molar-refractivity contribution < 1.29 is 13.2 Å². The Labute approximate surface area is 198 Å². The van der Waals surface area contributed by atoms with Crippen molar-refractivity contribution in [3.63, 3.8) is 0 Å². The summed E-state index contributed by atoms with van der Waals surface area (Å²) in [7, 11) is -4.04. The Balaban J connectivity index is 1.79. The summed E-state index contributed by atoms with van der Waals surface area (Å²) in [6, 6.07) is 4.81. The van der Waals surface area contributed by atoms with E-state index in [0.29, 0.717) is 25.1 Å². The monoisotopic (exact) mass is 494 g/mol. The van der Waals surface area contributed by atoms with Crippen LogP contribution in [0.4, 0.5) is 0 Å². The van der Waals surface area contributed by atoms with Gasteiger partial charge in [0.1, 0.15) is 12.4 Å². The predicted octanol–water partition coefficient (Wildman–Crippen LogP) is 3.93. The SMILES string of the molecule is C=C(C)C1CN(Cc2ccncn2)C(=O)C2CCCC1N2S(=O)(=O)c1cc(Cl)cc(Cl)c1. The van der Waals surface area contributed by atoms with E-state index in [9.17, 15) is 13.2 Å². The third-order valence-corrected chi connectivity index (χ3v) is 8.48. The zero-order valence-corrected chi connectivity index (χ0v) is 19.9. The lowest BCUT2D eigenvalue weighted by Gasteiger charge is -2.41. The standard InChI is InChI=1S/C22H24Cl2N4O3S/c1-14(2)19-12-27(11-17-6-7-25-13-26-17)22(29)21-5-3-4-20(19)28(21)32(30,31)18-9-15(23)8-16(24)10-18/h6-10,13,19-21H,1,3-5,11-12H2,2H3. The first-order valence-electron chi connectivity index (χ1n) is 10.4. The summed E-state index contributed by atoms with van der Waals surface area (Å²) in [5.74, 6) is -0.440. The fourth-order valence-electron chi connectivity index (χ4n) is 4.66. The first kappa shape index (κ1) is 23.2. The normalized spacial score (nSPS) is 24.3. The van der Waals surface area contributed by atoms with Crippen LogP contribution >= 0.6 is 23.2 Å². The summed E-state index contributed by atoms with van der Waals surface area (Å²) >= 11 is 12.2. The Morgan fingerprint density at radius 1 is 1.22 bits per heavy atom. The third kappa shape index (κ3) is 4.41. The molecule has 7 nitrogen and oxygen atoms in total. The molecule has 0 aliphatic carbocycles. The maximum atomic E-state index is 13.8. The molecule has 2 bridgehead atoms. The lowest BCUT2D eigenvalue weighted by atomic mass is 9.86. The van der Waals surface area contributed by atoms with Gasteiger partial charge in [0, 0.05) is 34.7 Å². The smallest absolute Gasteiger partial charge is 0.244 e. The number of aromatic nitrogens is 2. The highest BCUT2D eigenvalue weighted by Gasteiger charge is 2.50. The van der Waals surface area contributed by atoms with Crippen LogP contribution in [0.1, 0.15) is 31.9 Å². The molecule has 4 rings (SSSR count). The Morgan fingerprint density at radius 3 is 2.56 bits per heavy atom. The molecule has 2 aliphatic heterocycles. The van der Waals surface area contributed by atoms with Crippen LogP contribution in [0, 0.1) is 5.92 Å². The number of nitrogens with zero attached hydrogens (tertiary/aromatic N) is 4. The summed E-state index contributed by atoms with van der Waals surface area (Å²) in [6.45, 7) is 6.67. The average molecular weight is 495 g/mol. The second-order valence-corrected chi connectivity index (χ2v) is 11.0. The molecule has 2 aromatic rings. The largest absolute Gasteiger partial charge is 0.335 e. The number of sulfonamides is 1. The highest BCUT2D eigenvalue weighted by molar-refractivity contribution is 7.89. The molecule has 3 unspecified atom stereocenters. The van der Waals surface area contributed by atoms with Crippen LogP contribution in [0.5, 0.6) is 0 Å². The molecule has 2 saturated heterocycles. The molecule has 1 aromatic heterocycles. The van der Waals surface area contributed by atoms with Crippen LogP contribution in [-0.4, -0.2) is 52.1 Å². The van der Waals surface area contributed by atoms with Gasteiger partial charge in [-0.1, -0.05) is 35.4 Å². The molecule has 2 fully saturated rings. The van der Waals surface area contributed by atoms with Gasteiger partial charge < -0.3 is 4.90 Å². The van der Waals surface area contributed by atoms with Gasteiger partial charge in [-0.2, -0.15) is 4.31 Å². The number of piperidine rings is 1. The Kier molecular flexibility index (Phi) is 6.58. The Bertz CT molecular complexity index is 1120. The molecule has 1 amide bonds. The minimum absolute atomic E-state index is 0.00980. The van der Waals surface area contributed by atoms with Crippen molar-refractivity contribution in [3.05, 3.63) is 64.7 Å². The van der Waals surface area contributed by atoms with Crippen LogP contribution in [0.25, 0.3) is 0 Å². The molecule has 32 heavy (non-hydrogen) atoms. The molecule has 2 aliphatic rings. The van der Waals surface area contributed by atoms with E-state index in [-0.39, 0.29) is 39.4 Å². The molecule has 0 saturated carbocycles. The lowest BCUT2D eigenvalue weighted by molar-refractivity contribution is -0.135. The van der Waals surface area contributed by atoms with E-state index in [1.165, 1.54) is 28.8 Å². The number of rotatable bonds is 5. The molecular weight excluding hydrogens is 471 g/mol. The van der Waals surface area contributed by atoms with Gasteiger partial charge in [0.2, 0.25) is 15.9 Å². The Morgan fingerprint density at radius 2 is 1.94 bits per heavy atom. The van der Waals surface area contributed by atoms with Crippen molar-refractivity contribution in [2.45, 2.75) is 49.7 Å². The number of halogens is 2.